The van der Waals surface area contributed by atoms with Crippen LogP contribution in [0, 0.1) is 12.1 Å². The number of pyridine rings is 1. The maximum absolute atomic E-state index is 6.91. The Morgan fingerprint density at radius 1 is 0.551 bits per heavy atom. The average molecular weight is 1080 g/mol. The van der Waals surface area contributed by atoms with Crippen LogP contribution in [0.1, 0.15) is 103 Å². The SMILES string of the molecule is CC(C)(C)c1ccnc(-c2[c-]cccc2)c1.CC(C)c1cc(-c2ccccc2)cc(C(C)C)c1-n1c(-c2[c-]ccc3c2oc2cc4c(ccc5ccccc54)cc23)nc2ccc(C(C)(C)C)cc21.[Ir]. The predicted molar refractivity (Wildman–Crippen MR) is 287 cm³/mol. The molecule has 0 bridgehead atoms. The standard InChI is InChI=1S/C49H43N2O.C15H16N.Ir/c1-29(2)39-25-34(31-14-9-8-10-15-31)26-40(30(3)4)46(39)51-44-27-35(49(5,6)7)22-23-43(44)50-48(51)38-19-13-18-37-42-24-33-21-20-32-16-11-12-17-36(32)41(33)28-45(42)52-47(37)38;1-15(2,3)13-9-10-16-14(11-13)12-7-5-4-6-8-12;/h8-18,20-30H,1-7H3;4-7,9-11H,1-3H3;/q2*-1;. The fraction of sp³-hybridized carbons (Fsp3) is 0.219. The van der Waals surface area contributed by atoms with E-state index in [0.29, 0.717) is 0 Å². The molecule has 0 saturated heterocycles. The van der Waals surface area contributed by atoms with Gasteiger partial charge in [0, 0.05) is 37.4 Å². The molecule has 69 heavy (non-hydrogen) atoms. The molecule has 3 heterocycles. The number of benzene rings is 8. The topological polar surface area (TPSA) is 43.9 Å². The molecule has 347 valence electrons. The molecule has 11 rings (SSSR count). The van der Waals surface area contributed by atoms with Gasteiger partial charge in [-0.1, -0.05) is 159 Å². The third-order valence-corrected chi connectivity index (χ3v) is 13.4. The smallest absolute Gasteiger partial charge is 0.121 e. The summed E-state index contributed by atoms with van der Waals surface area (Å²) in [4.78, 5) is 9.84. The Balaban J connectivity index is 0.000000296. The largest absolute Gasteiger partial charge is 0.501 e. The number of fused-ring (bicyclic) bond motifs is 7. The van der Waals surface area contributed by atoms with Crippen molar-refractivity contribution in [2.45, 2.75) is 91.9 Å². The van der Waals surface area contributed by atoms with Crippen LogP contribution in [0.5, 0.6) is 0 Å². The van der Waals surface area contributed by atoms with Gasteiger partial charge in [-0.25, -0.2) is 0 Å². The summed E-state index contributed by atoms with van der Waals surface area (Å²) in [5.41, 5.74) is 15.6. The molecule has 0 atom stereocenters. The van der Waals surface area contributed by atoms with Gasteiger partial charge in [-0.05, 0) is 126 Å². The molecular formula is C64H59IrN3O-2. The van der Waals surface area contributed by atoms with E-state index in [9.17, 15) is 0 Å². The summed E-state index contributed by atoms with van der Waals surface area (Å²) in [6.07, 6.45) is 1.87. The van der Waals surface area contributed by atoms with E-state index in [1.54, 1.807) is 0 Å². The third kappa shape index (κ3) is 9.07. The van der Waals surface area contributed by atoms with Crippen LogP contribution in [-0.2, 0) is 30.9 Å². The van der Waals surface area contributed by atoms with Gasteiger partial charge in [0.15, 0.2) is 0 Å². The summed E-state index contributed by atoms with van der Waals surface area (Å²) in [7, 11) is 0. The molecule has 0 fully saturated rings. The molecule has 0 N–H and O–H groups in total. The Morgan fingerprint density at radius 3 is 1.93 bits per heavy atom. The van der Waals surface area contributed by atoms with Crippen LogP contribution in [0.4, 0.5) is 0 Å². The van der Waals surface area contributed by atoms with Gasteiger partial charge < -0.3 is 14.0 Å². The molecular weight excluding hydrogens is 1020 g/mol. The zero-order valence-corrected chi connectivity index (χ0v) is 43.7. The van der Waals surface area contributed by atoms with Crippen LogP contribution in [0.25, 0.3) is 94.0 Å². The van der Waals surface area contributed by atoms with Crippen LogP contribution >= 0.6 is 0 Å². The normalized spacial score (nSPS) is 12.1. The molecule has 0 aliphatic carbocycles. The Labute approximate surface area is 420 Å². The van der Waals surface area contributed by atoms with E-state index in [-0.39, 0.29) is 42.8 Å². The number of imidazole rings is 1. The monoisotopic (exact) mass is 1080 g/mol. The number of nitrogens with zero attached hydrogens (tertiary/aromatic N) is 3. The minimum Gasteiger partial charge on any atom is -0.501 e. The van der Waals surface area contributed by atoms with Crippen LogP contribution in [0.15, 0.2) is 168 Å². The van der Waals surface area contributed by atoms with Gasteiger partial charge in [0.05, 0.1) is 22.4 Å². The van der Waals surface area contributed by atoms with Gasteiger partial charge in [-0.2, -0.15) is 0 Å². The summed E-state index contributed by atoms with van der Waals surface area (Å²) >= 11 is 0. The number of furan rings is 1. The van der Waals surface area contributed by atoms with Crippen LogP contribution < -0.4 is 0 Å². The van der Waals surface area contributed by atoms with Gasteiger partial charge in [0.25, 0.3) is 0 Å². The van der Waals surface area contributed by atoms with E-state index in [1.807, 2.05) is 36.5 Å². The third-order valence-electron chi connectivity index (χ3n) is 13.4. The quantitative estimate of drug-likeness (QED) is 0.123. The Bertz CT molecular complexity index is 3610. The summed E-state index contributed by atoms with van der Waals surface area (Å²) in [6, 6.07) is 63.0. The summed E-state index contributed by atoms with van der Waals surface area (Å²) in [5.74, 6) is 1.37. The molecule has 0 aliphatic heterocycles. The zero-order valence-electron chi connectivity index (χ0n) is 41.3. The van der Waals surface area contributed by atoms with Gasteiger partial charge >= 0.3 is 0 Å². The summed E-state index contributed by atoms with van der Waals surface area (Å²) < 4.78 is 9.33. The number of hydrogen-bond acceptors (Lipinski definition) is 3. The molecule has 0 saturated carbocycles. The van der Waals surface area contributed by atoms with Crippen molar-refractivity contribution in [2.24, 2.45) is 0 Å². The van der Waals surface area contributed by atoms with E-state index in [0.717, 1.165) is 55.6 Å². The first-order valence-corrected chi connectivity index (χ1v) is 24.0. The van der Waals surface area contributed by atoms with E-state index in [2.05, 4.69) is 218 Å². The van der Waals surface area contributed by atoms with Crippen molar-refractivity contribution in [3.05, 3.63) is 198 Å². The molecule has 8 aromatic carbocycles. The van der Waals surface area contributed by atoms with Crippen molar-refractivity contribution in [3.63, 3.8) is 0 Å². The van der Waals surface area contributed by atoms with E-state index in [4.69, 9.17) is 9.40 Å². The predicted octanol–water partition coefficient (Wildman–Crippen LogP) is 17.8. The molecule has 1 radical (unpaired) electrons. The minimum atomic E-state index is -0.0283. The molecule has 0 amide bonds. The van der Waals surface area contributed by atoms with E-state index < -0.39 is 0 Å². The molecule has 0 unspecified atom stereocenters. The Morgan fingerprint density at radius 2 is 1.23 bits per heavy atom. The maximum Gasteiger partial charge on any atom is 0.121 e. The molecule has 3 aromatic heterocycles. The number of aromatic nitrogens is 3. The van der Waals surface area contributed by atoms with Crippen molar-refractivity contribution in [2.75, 3.05) is 0 Å². The van der Waals surface area contributed by atoms with Gasteiger partial charge in [-0.3, -0.25) is 4.98 Å². The fourth-order valence-electron chi connectivity index (χ4n) is 9.56. The second kappa shape index (κ2) is 18.7. The van der Waals surface area contributed by atoms with Crippen LogP contribution in [-0.4, -0.2) is 14.5 Å². The first-order chi connectivity index (χ1) is 32.6. The van der Waals surface area contributed by atoms with Gasteiger partial charge in [0.1, 0.15) is 5.58 Å². The molecule has 11 aromatic rings. The number of hydrogen-bond donors (Lipinski definition) is 0. The van der Waals surface area contributed by atoms with E-state index in [1.165, 1.54) is 60.6 Å². The fourth-order valence-corrected chi connectivity index (χ4v) is 9.56. The molecule has 0 spiro atoms. The van der Waals surface area contributed by atoms with Crippen molar-refractivity contribution in [1.29, 1.82) is 0 Å². The summed E-state index contributed by atoms with van der Waals surface area (Å²) in [6.45, 7) is 22.7. The van der Waals surface area contributed by atoms with Crippen LogP contribution in [0.3, 0.4) is 0 Å². The Hall–Kier alpha value is -6.65. The van der Waals surface area contributed by atoms with Crippen LogP contribution in [0.2, 0.25) is 0 Å². The van der Waals surface area contributed by atoms with Crippen molar-refractivity contribution in [3.8, 4) is 39.5 Å². The second-order valence-corrected chi connectivity index (χ2v) is 20.9. The first-order valence-electron chi connectivity index (χ1n) is 24.0. The minimum absolute atomic E-state index is 0. The van der Waals surface area contributed by atoms with Crippen molar-refractivity contribution < 1.29 is 24.5 Å². The van der Waals surface area contributed by atoms with E-state index >= 15 is 0 Å². The van der Waals surface area contributed by atoms with Gasteiger partial charge in [-0.15, -0.1) is 54.1 Å². The first kappa shape index (κ1) is 47.4. The summed E-state index contributed by atoms with van der Waals surface area (Å²) in [5, 5.41) is 7.02. The van der Waals surface area contributed by atoms with Gasteiger partial charge in [0.2, 0.25) is 0 Å². The molecule has 5 heteroatoms. The second-order valence-electron chi connectivity index (χ2n) is 20.9. The van der Waals surface area contributed by atoms with Crippen molar-refractivity contribution >= 4 is 54.5 Å². The average Bonchev–Trinajstić information content (AvgIpc) is 3.91. The number of rotatable bonds is 6. The maximum atomic E-state index is 6.91. The molecule has 4 nitrogen and oxygen atoms in total. The Kier molecular flexibility index (Phi) is 12.8. The zero-order chi connectivity index (χ0) is 47.5. The molecule has 0 aliphatic rings. The van der Waals surface area contributed by atoms with Crippen molar-refractivity contribution in [1.82, 2.24) is 14.5 Å².